The average Bonchev–Trinajstić information content (AvgIpc) is 2.17. The normalized spacial score (nSPS) is 12.8. The summed E-state index contributed by atoms with van der Waals surface area (Å²) >= 11 is 0. The fraction of sp³-hybridized carbons (Fsp3) is 0.444. The number of rotatable bonds is 4. The van der Waals surface area contributed by atoms with Gasteiger partial charge in [0, 0.05) is 18.6 Å². The van der Waals surface area contributed by atoms with Crippen molar-refractivity contribution >= 4 is 5.97 Å². The van der Waals surface area contributed by atoms with Crippen LogP contribution in [0.4, 0.5) is 0 Å². The van der Waals surface area contributed by atoms with E-state index in [1.807, 2.05) is 6.92 Å². The lowest BCUT2D eigenvalue weighted by Crippen LogP contribution is -2.29. The Balaban J connectivity index is 2.65. The Bertz CT molecular complexity index is 302. The van der Waals surface area contributed by atoms with E-state index in [1.165, 1.54) is 0 Å². The van der Waals surface area contributed by atoms with Gasteiger partial charge in [0.25, 0.3) is 0 Å². The third kappa shape index (κ3) is 2.77. The van der Waals surface area contributed by atoms with E-state index in [2.05, 4.69) is 9.97 Å². The predicted molar refractivity (Wildman–Crippen MR) is 50.7 cm³/mol. The van der Waals surface area contributed by atoms with E-state index in [9.17, 15) is 4.79 Å². The highest BCUT2D eigenvalue weighted by atomic mass is 16.4. The van der Waals surface area contributed by atoms with Crippen molar-refractivity contribution in [2.24, 2.45) is 0 Å². The number of hydrogen-bond acceptors (Lipinski definition) is 4. The summed E-state index contributed by atoms with van der Waals surface area (Å²) in [6.45, 7) is 1.89. The first-order valence-electron chi connectivity index (χ1n) is 4.29. The summed E-state index contributed by atoms with van der Waals surface area (Å²) in [5.74, 6) is -0.844. The van der Waals surface area contributed by atoms with Crippen LogP contribution in [0.25, 0.3) is 0 Å². The lowest BCUT2D eigenvalue weighted by Gasteiger charge is -2.21. The zero-order valence-corrected chi connectivity index (χ0v) is 8.21. The van der Waals surface area contributed by atoms with E-state index in [-0.39, 0.29) is 12.6 Å². The predicted octanol–water partition coefficient (Wildman–Crippen LogP) is 0.554. The molecule has 0 aliphatic rings. The number of carbonyl (C=O) groups is 1. The minimum Gasteiger partial charge on any atom is -0.480 e. The third-order valence-corrected chi connectivity index (χ3v) is 2.06. The van der Waals surface area contributed by atoms with Gasteiger partial charge in [0.2, 0.25) is 0 Å². The second-order valence-corrected chi connectivity index (χ2v) is 3.12. The zero-order chi connectivity index (χ0) is 10.6. The van der Waals surface area contributed by atoms with E-state index in [0.717, 1.165) is 5.69 Å². The lowest BCUT2D eigenvalue weighted by atomic mass is 10.2. The van der Waals surface area contributed by atoms with Crippen LogP contribution in [0.15, 0.2) is 18.6 Å². The maximum Gasteiger partial charge on any atom is 0.317 e. The van der Waals surface area contributed by atoms with Crippen LogP contribution >= 0.6 is 0 Å². The molecule has 1 N–H and O–H groups in total. The molecule has 1 heterocycles. The van der Waals surface area contributed by atoms with Gasteiger partial charge in [-0.1, -0.05) is 0 Å². The molecule has 0 aromatic carbocycles. The molecule has 14 heavy (non-hydrogen) atoms. The smallest absolute Gasteiger partial charge is 0.317 e. The molecular weight excluding hydrogens is 182 g/mol. The van der Waals surface area contributed by atoms with Crippen LogP contribution in [-0.4, -0.2) is 39.5 Å². The Morgan fingerprint density at radius 3 is 2.86 bits per heavy atom. The molecule has 0 fully saturated rings. The molecule has 1 atom stereocenters. The van der Waals surface area contributed by atoms with Crippen molar-refractivity contribution < 1.29 is 9.90 Å². The number of aliphatic carboxylic acids is 1. The van der Waals surface area contributed by atoms with Crippen molar-refractivity contribution in [2.45, 2.75) is 13.0 Å². The fourth-order valence-electron chi connectivity index (χ4n) is 1.10. The molecule has 5 heteroatoms. The standard InChI is InChI=1S/C9H13N3O2/c1-7(12(2)6-9(13)14)8-5-10-3-4-11-8/h3-5,7H,6H2,1-2H3,(H,13,14). The van der Waals surface area contributed by atoms with Gasteiger partial charge in [-0.2, -0.15) is 0 Å². The maximum absolute atomic E-state index is 10.5. The van der Waals surface area contributed by atoms with Crippen LogP contribution in [-0.2, 0) is 4.79 Å². The largest absolute Gasteiger partial charge is 0.480 e. The molecule has 0 amide bonds. The van der Waals surface area contributed by atoms with E-state index >= 15 is 0 Å². The summed E-state index contributed by atoms with van der Waals surface area (Å²) in [6.07, 6.45) is 4.83. The molecule has 0 saturated carbocycles. The van der Waals surface area contributed by atoms with E-state index in [4.69, 9.17) is 5.11 Å². The van der Waals surface area contributed by atoms with Crippen LogP contribution in [0.5, 0.6) is 0 Å². The summed E-state index contributed by atoms with van der Waals surface area (Å²) in [7, 11) is 1.74. The molecule has 0 saturated heterocycles. The van der Waals surface area contributed by atoms with Gasteiger partial charge >= 0.3 is 5.97 Å². The van der Waals surface area contributed by atoms with Gasteiger partial charge in [-0.25, -0.2) is 0 Å². The molecule has 0 bridgehead atoms. The molecule has 1 aromatic heterocycles. The number of hydrogen-bond donors (Lipinski definition) is 1. The monoisotopic (exact) mass is 195 g/mol. The Kier molecular flexibility index (Phi) is 3.53. The fourth-order valence-corrected chi connectivity index (χ4v) is 1.10. The summed E-state index contributed by atoms with van der Waals surface area (Å²) in [5.41, 5.74) is 0.774. The van der Waals surface area contributed by atoms with Crippen LogP contribution < -0.4 is 0 Å². The second kappa shape index (κ2) is 4.66. The van der Waals surface area contributed by atoms with Crippen LogP contribution in [0.1, 0.15) is 18.7 Å². The quantitative estimate of drug-likeness (QED) is 0.760. The van der Waals surface area contributed by atoms with Gasteiger partial charge in [-0.3, -0.25) is 19.7 Å². The minimum absolute atomic E-state index is 0.00224. The molecular formula is C9H13N3O2. The minimum atomic E-state index is -0.844. The van der Waals surface area contributed by atoms with E-state index in [1.54, 1.807) is 30.5 Å². The maximum atomic E-state index is 10.5. The average molecular weight is 195 g/mol. The summed E-state index contributed by atoms with van der Waals surface area (Å²) < 4.78 is 0. The first kappa shape index (κ1) is 10.6. The molecule has 76 valence electrons. The first-order valence-corrected chi connectivity index (χ1v) is 4.29. The number of aromatic nitrogens is 2. The van der Waals surface area contributed by atoms with Crippen molar-refractivity contribution in [1.82, 2.24) is 14.9 Å². The first-order chi connectivity index (χ1) is 6.61. The summed E-state index contributed by atoms with van der Waals surface area (Å²) in [5, 5.41) is 8.60. The van der Waals surface area contributed by atoms with Crippen molar-refractivity contribution in [2.75, 3.05) is 13.6 Å². The Labute approximate surface area is 82.4 Å². The van der Waals surface area contributed by atoms with Gasteiger partial charge in [0.1, 0.15) is 0 Å². The van der Waals surface area contributed by atoms with Crippen LogP contribution in [0.3, 0.4) is 0 Å². The third-order valence-electron chi connectivity index (χ3n) is 2.06. The molecule has 0 aliphatic heterocycles. The van der Waals surface area contributed by atoms with E-state index < -0.39 is 5.97 Å². The highest BCUT2D eigenvalue weighted by Crippen LogP contribution is 2.13. The van der Waals surface area contributed by atoms with Crippen LogP contribution in [0, 0.1) is 0 Å². The number of likely N-dealkylation sites (N-methyl/N-ethyl adjacent to an activating group) is 1. The topological polar surface area (TPSA) is 66.3 Å². The van der Waals surface area contributed by atoms with Gasteiger partial charge in [0.15, 0.2) is 0 Å². The summed E-state index contributed by atoms with van der Waals surface area (Å²) in [6, 6.07) is -0.0419. The van der Waals surface area contributed by atoms with Crippen LogP contribution in [0.2, 0.25) is 0 Å². The van der Waals surface area contributed by atoms with Crippen molar-refractivity contribution in [3.63, 3.8) is 0 Å². The summed E-state index contributed by atoms with van der Waals surface area (Å²) in [4.78, 5) is 20.2. The second-order valence-electron chi connectivity index (χ2n) is 3.12. The highest BCUT2D eigenvalue weighted by Gasteiger charge is 2.14. The molecule has 1 aromatic rings. The SMILES string of the molecule is CC(c1cnccn1)N(C)CC(=O)O. The van der Waals surface area contributed by atoms with Gasteiger partial charge in [0.05, 0.1) is 18.3 Å². The number of carboxylic acids is 1. The molecule has 1 unspecified atom stereocenters. The van der Waals surface area contributed by atoms with Gasteiger partial charge < -0.3 is 5.11 Å². The van der Waals surface area contributed by atoms with E-state index in [0.29, 0.717) is 0 Å². The van der Waals surface area contributed by atoms with Crippen molar-refractivity contribution in [1.29, 1.82) is 0 Å². The highest BCUT2D eigenvalue weighted by molar-refractivity contribution is 5.69. The van der Waals surface area contributed by atoms with Crippen molar-refractivity contribution in [3.05, 3.63) is 24.3 Å². The molecule has 0 spiro atoms. The molecule has 1 rings (SSSR count). The Hall–Kier alpha value is -1.49. The molecule has 0 aliphatic carbocycles. The van der Waals surface area contributed by atoms with Crippen molar-refractivity contribution in [3.8, 4) is 0 Å². The zero-order valence-electron chi connectivity index (χ0n) is 8.21. The number of nitrogens with zero attached hydrogens (tertiary/aromatic N) is 3. The molecule has 5 nitrogen and oxygen atoms in total. The van der Waals surface area contributed by atoms with Gasteiger partial charge in [-0.05, 0) is 14.0 Å². The number of carboxylic acid groups (broad SMARTS) is 1. The Morgan fingerprint density at radius 2 is 2.36 bits per heavy atom. The molecule has 0 radical (unpaired) electrons. The lowest BCUT2D eigenvalue weighted by molar-refractivity contribution is -0.138. The van der Waals surface area contributed by atoms with Gasteiger partial charge in [-0.15, -0.1) is 0 Å². The Morgan fingerprint density at radius 1 is 1.64 bits per heavy atom.